The number of carboxylic acid groups (broad SMARTS) is 1. The predicted molar refractivity (Wildman–Crippen MR) is 112 cm³/mol. The molecule has 0 bridgehead atoms. The van der Waals surface area contributed by atoms with Crippen molar-refractivity contribution in [1.82, 2.24) is 0 Å². The van der Waals surface area contributed by atoms with Gasteiger partial charge in [0, 0.05) is 11.1 Å². The van der Waals surface area contributed by atoms with Gasteiger partial charge < -0.3 is 24.4 Å². The summed E-state index contributed by atoms with van der Waals surface area (Å²) in [6, 6.07) is 0. The maximum Gasteiger partial charge on any atom is 0.342 e. The summed E-state index contributed by atoms with van der Waals surface area (Å²) < 4.78 is 15.9. The molecule has 1 aromatic carbocycles. The molecule has 0 fully saturated rings. The highest BCUT2D eigenvalue weighted by Gasteiger charge is 2.32. The first-order chi connectivity index (χ1) is 14.4. The van der Waals surface area contributed by atoms with E-state index >= 15 is 0 Å². The maximum atomic E-state index is 12.4. The molecule has 8 heteroatoms. The number of esters is 2. The highest BCUT2D eigenvalue weighted by molar-refractivity contribution is 5.98. The normalized spacial score (nSPS) is 14.6. The number of ether oxygens (including phenoxy) is 3. The number of aliphatic carboxylic acids is 1. The van der Waals surface area contributed by atoms with Crippen LogP contribution in [0.15, 0.2) is 11.6 Å². The van der Waals surface area contributed by atoms with Gasteiger partial charge in [-0.05, 0) is 53.0 Å². The van der Waals surface area contributed by atoms with E-state index in [2.05, 4.69) is 0 Å². The molecule has 0 saturated carbocycles. The maximum absolute atomic E-state index is 12.4. The number of cyclic esters (lactones) is 1. The van der Waals surface area contributed by atoms with Crippen LogP contribution in [0.2, 0.25) is 0 Å². The fourth-order valence-electron chi connectivity index (χ4n) is 3.61. The standard InChI is InChI=1S/C23H30O8/c1-12(9-14(10-17(24)25)21(27)31-23(3,4)5)7-8-15-19(26)18-16(11-30-22(18)28)13(2)20(15)29-6/h7,14,26H,8-11H2,1-6H3,(H,24,25)/b12-7+. The number of aromatic hydroxyl groups is 1. The Hall–Kier alpha value is -3.03. The lowest BCUT2D eigenvalue weighted by Gasteiger charge is -2.23. The van der Waals surface area contributed by atoms with Crippen LogP contribution < -0.4 is 4.74 Å². The second-order valence-corrected chi connectivity index (χ2v) is 8.70. The van der Waals surface area contributed by atoms with Crippen LogP contribution >= 0.6 is 0 Å². The molecule has 0 amide bonds. The average molecular weight is 434 g/mol. The number of methoxy groups -OCH3 is 1. The zero-order valence-electron chi connectivity index (χ0n) is 18.8. The fraction of sp³-hybridized carbons (Fsp3) is 0.522. The van der Waals surface area contributed by atoms with Crippen molar-refractivity contribution in [2.24, 2.45) is 5.92 Å². The van der Waals surface area contributed by atoms with E-state index in [0.29, 0.717) is 16.9 Å². The van der Waals surface area contributed by atoms with Crippen LogP contribution in [0.5, 0.6) is 11.5 Å². The van der Waals surface area contributed by atoms with Gasteiger partial charge in [-0.1, -0.05) is 11.6 Å². The Balaban J connectivity index is 2.29. The number of carbonyl (C=O) groups excluding carboxylic acids is 2. The van der Waals surface area contributed by atoms with Crippen molar-refractivity contribution < 1.29 is 38.8 Å². The highest BCUT2D eigenvalue weighted by atomic mass is 16.6. The molecule has 1 aromatic rings. The van der Waals surface area contributed by atoms with Crippen LogP contribution in [-0.4, -0.2) is 40.8 Å². The van der Waals surface area contributed by atoms with Crippen molar-refractivity contribution in [3.63, 3.8) is 0 Å². The van der Waals surface area contributed by atoms with Gasteiger partial charge >= 0.3 is 17.9 Å². The minimum absolute atomic E-state index is 0.0891. The third-order valence-electron chi connectivity index (χ3n) is 5.03. The summed E-state index contributed by atoms with van der Waals surface area (Å²) in [5.74, 6) is -2.78. The molecule has 31 heavy (non-hydrogen) atoms. The number of rotatable bonds is 8. The first kappa shape index (κ1) is 24.2. The van der Waals surface area contributed by atoms with Crippen molar-refractivity contribution >= 4 is 17.9 Å². The minimum atomic E-state index is -1.09. The Morgan fingerprint density at radius 2 is 1.90 bits per heavy atom. The molecule has 1 unspecified atom stereocenters. The van der Waals surface area contributed by atoms with Gasteiger partial charge in [0.25, 0.3) is 0 Å². The van der Waals surface area contributed by atoms with Crippen molar-refractivity contribution in [3.8, 4) is 11.5 Å². The van der Waals surface area contributed by atoms with E-state index in [0.717, 1.165) is 11.1 Å². The van der Waals surface area contributed by atoms with Crippen LogP contribution in [0.3, 0.4) is 0 Å². The number of phenols is 1. The van der Waals surface area contributed by atoms with Crippen LogP contribution in [0, 0.1) is 12.8 Å². The Labute approximate surface area is 181 Å². The van der Waals surface area contributed by atoms with E-state index < -0.39 is 29.4 Å². The second-order valence-electron chi connectivity index (χ2n) is 8.70. The SMILES string of the molecule is COc1c(C)c2c(c(O)c1C/C=C(\C)CC(CC(=O)O)C(=O)OC(C)(C)C)C(=O)OC2. The Morgan fingerprint density at radius 1 is 1.26 bits per heavy atom. The molecule has 0 spiro atoms. The summed E-state index contributed by atoms with van der Waals surface area (Å²) in [5.41, 5.74) is 1.94. The first-order valence-electron chi connectivity index (χ1n) is 10.0. The van der Waals surface area contributed by atoms with Crippen molar-refractivity contribution in [2.45, 2.75) is 66.1 Å². The van der Waals surface area contributed by atoms with Gasteiger partial charge in [0.05, 0.1) is 19.4 Å². The summed E-state index contributed by atoms with van der Waals surface area (Å²) >= 11 is 0. The summed E-state index contributed by atoms with van der Waals surface area (Å²) in [6.45, 7) is 8.83. The molecule has 0 saturated heterocycles. The lowest BCUT2D eigenvalue weighted by molar-refractivity contribution is -0.162. The smallest absolute Gasteiger partial charge is 0.342 e. The van der Waals surface area contributed by atoms with E-state index in [1.54, 1.807) is 40.7 Å². The van der Waals surface area contributed by atoms with Crippen LogP contribution in [0.25, 0.3) is 0 Å². The molecule has 170 valence electrons. The molecule has 1 atom stereocenters. The third-order valence-corrected chi connectivity index (χ3v) is 5.03. The van der Waals surface area contributed by atoms with Gasteiger partial charge in [-0.2, -0.15) is 0 Å². The molecular weight excluding hydrogens is 404 g/mol. The van der Waals surface area contributed by atoms with Gasteiger partial charge in [0.15, 0.2) is 0 Å². The van der Waals surface area contributed by atoms with Crippen molar-refractivity contribution in [3.05, 3.63) is 33.9 Å². The molecule has 1 aliphatic rings. The molecule has 1 aliphatic heterocycles. The molecule has 2 N–H and O–H groups in total. The molecule has 0 radical (unpaired) electrons. The minimum Gasteiger partial charge on any atom is -0.507 e. The molecule has 1 heterocycles. The lowest BCUT2D eigenvalue weighted by Crippen LogP contribution is -2.30. The van der Waals surface area contributed by atoms with Gasteiger partial charge in [0.1, 0.15) is 29.3 Å². The zero-order chi connectivity index (χ0) is 23.5. The quantitative estimate of drug-likeness (QED) is 0.470. The van der Waals surface area contributed by atoms with Crippen molar-refractivity contribution in [1.29, 1.82) is 0 Å². The Kier molecular flexibility index (Phi) is 7.36. The predicted octanol–water partition coefficient (Wildman–Crippen LogP) is 3.69. The summed E-state index contributed by atoms with van der Waals surface area (Å²) in [4.78, 5) is 35.7. The highest BCUT2D eigenvalue weighted by Crippen LogP contribution is 2.42. The number of hydrogen-bond donors (Lipinski definition) is 2. The van der Waals surface area contributed by atoms with Gasteiger partial charge in [-0.25, -0.2) is 4.79 Å². The summed E-state index contributed by atoms with van der Waals surface area (Å²) in [7, 11) is 1.48. The largest absolute Gasteiger partial charge is 0.507 e. The number of carbonyl (C=O) groups is 3. The monoisotopic (exact) mass is 434 g/mol. The average Bonchev–Trinajstić information content (AvgIpc) is 3.03. The van der Waals surface area contributed by atoms with E-state index in [1.165, 1.54) is 7.11 Å². The number of hydrogen-bond acceptors (Lipinski definition) is 7. The van der Waals surface area contributed by atoms with E-state index in [-0.39, 0.29) is 37.2 Å². The summed E-state index contributed by atoms with van der Waals surface area (Å²) in [6.07, 6.45) is 1.86. The Bertz CT molecular complexity index is 921. The summed E-state index contributed by atoms with van der Waals surface area (Å²) in [5, 5.41) is 19.9. The van der Waals surface area contributed by atoms with E-state index in [4.69, 9.17) is 14.2 Å². The van der Waals surface area contributed by atoms with Crippen LogP contribution in [0.1, 0.15) is 67.6 Å². The molecular formula is C23H30O8. The van der Waals surface area contributed by atoms with Crippen LogP contribution in [0.4, 0.5) is 0 Å². The Morgan fingerprint density at radius 3 is 2.45 bits per heavy atom. The number of carboxylic acids is 1. The van der Waals surface area contributed by atoms with Gasteiger partial charge in [0.2, 0.25) is 0 Å². The zero-order valence-corrected chi connectivity index (χ0v) is 18.8. The van der Waals surface area contributed by atoms with E-state index in [1.807, 2.05) is 0 Å². The van der Waals surface area contributed by atoms with Gasteiger partial charge in [-0.3, -0.25) is 9.59 Å². The first-order valence-corrected chi connectivity index (χ1v) is 10.0. The molecule has 2 rings (SSSR count). The second kappa shape index (κ2) is 9.41. The molecule has 0 aliphatic carbocycles. The number of fused-ring (bicyclic) bond motifs is 1. The fourth-order valence-corrected chi connectivity index (χ4v) is 3.61. The van der Waals surface area contributed by atoms with Crippen LogP contribution in [-0.2, 0) is 32.1 Å². The van der Waals surface area contributed by atoms with E-state index in [9.17, 15) is 24.6 Å². The molecule has 0 aromatic heterocycles. The lowest BCUT2D eigenvalue weighted by atomic mass is 9.93. The van der Waals surface area contributed by atoms with Gasteiger partial charge in [-0.15, -0.1) is 0 Å². The molecule has 8 nitrogen and oxygen atoms in total. The topological polar surface area (TPSA) is 119 Å². The number of phenolic OH excluding ortho intramolecular Hbond substituents is 1. The number of benzene rings is 1. The third kappa shape index (κ3) is 5.77. The number of allylic oxidation sites excluding steroid dienone is 2. The van der Waals surface area contributed by atoms with Crippen molar-refractivity contribution in [2.75, 3.05) is 7.11 Å².